The Morgan fingerprint density at radius 1 is 0.616 bits per heavy atom. The fraction of sp³-hybridized carbons (Fsp3) is 0.508. The fourth-order valence-electron chi connectivity index (χ4n) is 11.0. The van der Waals surface area contributed by atoms with Crippen molar-refractivity contribution < 1.29 is 43.2 Å². The van der Waals surface area contributed by atoms with Gasteiger partial charge in [-0.2, -0.15) is 11.8 Å². The van der Waals surface area contributed by atoms with Crippen LogP contribution < -0.4 is 60.2 Å². The van der Waals surface area contributed by atoms with Crippen molar-refractivity contribution in [3.63, 3.8) is 0 Å². The number of aromatic amines is 1. The van der Waals surface area contributed by atoms with Gasteiger partial charge in [-0.15, -0.1) is 0 Å². The number of amides is 9. The number of aromatic nitrogens is 1. The van der Waals surface area contributed by atoms with Crippen LogP contribution in [-0.2, 0) is 62.4 Å². The van der Waals surface area contributed by atoms with Crippen molar-refractivity contribution in [1.29, 1.82) is 5.41 Å². The zero-order valence-corrected chi connectivity index (χ0v) is 50.3. The molecule has 86 heavy (non-hydrogen) atoms. The number of benzene rings is 3. The van der Waals surface area contributed by atoms with E-state index in [0.29, 0.717) is 80.5 Å². The van der Waals surface area contributed by atoms with Gasteiger partial charge in [0.25, 0.3) is 0 Å². The lowest BCUT2D eigenvalue weighted by Gasteiger charge is -2.31. The van der Waals surface area contributed by atoms with E-state index in [4.69, 9.17) is 28.3 Å². The number of para-hydroxylation sites is 1. The summed E-state index contributed by atoms with van der Waals surface area (Å²) in [4.78, 5) is 134. The average molecular weight is 1210 g/mol. The number of carbonyl (C=O) groups is 9. The predicted octanol–water partition coefficient (Wildman–Crippen LogP) is 0.701. The molecule has 4 aromatic rings. The monoisotopic (exact) mass is 1210 g/mol. The van der Waals surface area contributed by atoms with Gasteiger partial charge in [0.1, 0.15) is 48.3 Å². The van der Waals surface area contributed by atoms with Crippen molar-refractivity contribution in [2.24, 2.45) is 28.9 Å². The molecule has 6 rings (SSSR count). The minimum absolute atomic E-state index is 0.00606. The lowest BCUT2D eigenvalue weighted by atomic mass is 10.00. The van der Waals surface area contributed by atoms with Gasteiger partial charge in [-0.25, -0.2) is 0 Å². The van der Waals surface area contributed by atoms with Crippen LogP contribution in [0.2, 0.25) is 0 Å². The first-order valence-corrected chi connectivity index (χ1v) is 31.1. The molecule has 9 atom stereocenters. The summed E-state index contributed by atoms with van der Waals surface area (Å²) in [6.07, 6.45) is 6.83. The summed E-state index contributed by atoms with van der Waals surface area (Å²) in [5.74, 6) is -5.70. The molecule has 0 aliphatic carbocycles. The summed E-state index contributed by atoms with van der Waals surface area (Å²) in [6, 6.07) is 15.1. The second-order valence-corrected chi connectivity index (χ2v) is 23.4. The molecule has 3 heterocycles. The molecule has 0 radical (unpaired) electrons. The van der Waals surface area contributed by atoms with E-state index >= 15 is 9.59 Å². The van der Waals surface area contributed by atoms with Crippen molar-refractivity contribution in [1.82, 2.24) is 52.0 Å². The Bertz CT molecular complexity index is 2950. The van der Waals surface area contributed by atoms with Crippen molar-refractivity contribution in [3.05, 3.63) is 108 Å². The number of thioether (sulfide) groups is 1. The van der Waals surface area contributed by atoms with Gasteiger partial charge in [0, 0.05) is 56.0 Å². The molecule has 7 unspecified atom stereocenters. The SMILES string of the molecule is CSCCC(N)C(=O)N1CCC[C@H]1C(=O)NC(Cc1ccccc1)C(=O)NC(CCCNC(=N)N)C(=O)NC(Cc1c[nH]c2ccccc12)C(=O)NC(Cc1ccccc1)C(=O)NC(CCCCN)C(=O)N1CCC[C@H]1C(=O)NC(C(N)=O)C(C)C. The molecule has 3 aromatic carbocycles. The first-order chi connectivity index (χ1) is 41.3. The summed E-state index contributed by atoms with van der Waals surface area (Å²) in [5.41, 5.74) is 26.1. The Kier molecular flexibility index (Phi) is 26.2. The lowest BCUT2D eigenvalue weighted by molar-refractivity contribution is -0.142. The van der Waals surface area contributed by atoms with Gasteiger partial charge in [0.15, 0.2) is 5.96 Å². The number of carbonyl (C=O) groups excluding carboxylic acids is 9. The molecule has 0 spiro atoms. The second-order valence-electron chi connectivity index (χ2n) is 22.4. The maximum absolute atomic E-state index is 15.2. The first-order valence-electron chi connectivity index (χ1n) is 29.7. The molecule has 2 aliphatic heterocycles. The van der Waals surface area contributed by atoms with Gasteiger partial charge in [0.2, 0.25) is 53.2 Å². The quantitative estimate of drug-likeness (QED) is 0.0178. The third-order valence-corrected chi connectivity index (χ3v) is 16.3. The third-order valence-electron chi connectivity index (χ3n) is 15.6. The minimum Gasteiger partial charge on any atom is -0.370 e. The molecule has 466 valence electrons. The number of fused-ring (bicyclic) bond motifs is 1. The van der Waals surface area contributed by atoms with Crippen molar-refractivity contribution in [3.8, 4) is 0 Å². The van der Waals surface area contributed by atoms with Crippen LogP contribution >= 0.6 is 11.8 Å². The summed E-state index contributed by atoms with van der Waals surface area (Å²) >= 11 is 1.55. The molecular formula is C61H87N15O9S. The zero-order chi connectivity index (χ0) is 62.3. The number of nitrogens with zero attached hydrogens (tertiary/aromatic N) is 2. The molecule has 2 aliphatic rings. The minimum atomic E-state index is -1.41. The van der Waals surface area contributed by atoms with Gasteiger partial charge < -0.3 is 74.9 Å². The lowest BCUT2D eigenvalue weighted by Crippen LogP contribution is -2.61. The third kappa shape index (κ3) is 19.5. The standard InChI is InChI=1S/C61H87N15O9S/c1-37(2)51(52(64)77)74-58(83)50-26-16-31-76(50)60(85)45(23-12-13-28-62)70-55(80)46(33-38-17-6-4-7-18-38)71-56(81)48(35-40-36-68-43-22-11-10-21-41(40)43)72-53(78)44(24-14-29-67-61(65)66)69-54(79)47(34-39-19-8-5-9-20-39)73-57(82)49-25-15-30-75(49)59(84)42(63)27-32-86-3/h4-11,17-22,36-37,42,44-51,68H,12-16,23-35,62-63H2,1-3H3,(H2,64,77)(H,69,79)(H,70,80)(H,71,81)(H,72,78)(H,73,82)(H,74,83)(H4,65,66,67)/t42?,44?,45?,46?,47?,48?,49-,50-,51?/m0/s1. The molecular weight excluding hydrogens is 1120 g/mol. The number of primary amides is 1. The van der Waals surface area contributed by atoms with E-state index in [1.165, 1.54) is 9.80 Å². The van der Waals surface area contributed by atoms with Crippen LogP contribution in [-0.4, -0.2) is 166 Å². The maximum atomic E-state index is 15.2. The summed E-state index contributed by atoms with van der Waals surface area (Å²) < 4.78 is 0. The second kappa shape index (κ2) is 33.6. The molecule has 0 bridgehead atoms. The number of guanidine groups is 1. The Morgan fingerprint density at radius 3 is 1.67 bits per heavy atom. The van der Waals surface area contributed by atoms with Crippen LogP contribution in [0.3, 0.4) is 0 Å². The number of unbranched alkanes of at least 4 members (excludes halogenated alkanes) is 1. The Morgan fingerprint density at radius 2 is 1.12 bits per heavy atom. The van der Waals surface area contributed by atoms with Gasteiger partial charge in [-0.05, 0) is 111 Å². The summed E-state index contributed by atoms with van der Waals surface area (Å²) in [6.45, 7) is 4.45. The smallest absolute Gasteiger partial charge is 0.245 e. The van der Waals surface area contributed by atoms with E-state index in [2.05, 4.69) is 42.2 Å². The number of hydrogen-bond donors (Lipinski definition) is 13. The van der Waals surface area contributed by atoms with Gasteiger partial charge in [0.05, 0.1) is 6.04 Å². The molecule has 24 nitrogen and oxygen atoms in total. The van der Waals surface area contributed by atoms with E-state index in [1.54, 1.807) is 86.4 Å². The highest BCUT2D eigenvalue weighted by atomic mass is 32.2. The van der Waals surface area contributed by atoms with Gasteiger partial charge in [-0.3, -0.25) is 48.6 Å². The van der Waals surface area contributed by atoms with E-state index in [1.807, 2.05) is 36.6 Å². The van der Waals surface area contributed by atoms with Gasteiger partial charge in [-0.1, -0.05) is 92.7 Å². The summed E-state index contributed by atoms with van der Waals surface area (Å²) in [5, 5.41) is 28.3. The van der Waals surface area contributed by atoms with Crippen molar-refractivity contribution >= 4 is 81.8 Å². The zero-order valence-electron chi connectivity index (χ0n) is 49.4. The number of rotatable bonds is 33. The topological polar surface area (TPSA) is 388 Å². The largest absolute Gasteiger partial charge is 0.370 e. The normalized spacial score (nSPS) is 17.3. The van der Waals surface area contributed by atoms with E-state index in [-0.39, 0.29) is 69.4 Å². The average Bonchev–Trinajstić information content (AvgIpc) is 3.17. The van der Waals surface area contributed by atoms with Gasteiger partial charge >= 0.3 is 0 Å². The molecule has 9 amide bonds. The highest BCUT2D eigenvalue weighted by Crippen LogP contribution is 2.24. The van der Waals surface area contributed by atoms with E-state index in [9.17, 15) is 33.6 Å². The molecule has 25 heteroatoms. The van der Waals surface area contributed by atoms with Crippen molar-refractivity contribution in [2.75, 3.05) is 38.2 Å². The number of nitrogens with two attached hydrogens (primary N) is 4. The molecule has 2 fully saturated rings. The molecule has 17 N–H and O–H groups in total. The molecule has 2 saturated heterocycles. The first kappa shape index (κ1) is 67.1. The van der Waals surface area contributed by atoms with Crippen LogP contribution in [0.1, 0.15) is 94.7 Å². The molecule has 1 aromatic heterocycles. The number of H-pyrrole nitrogens is 1. The molecule has 0 saturated carbocycles. The van der Waals surface area contributed by atoms with Crippen LogP contribution in [0.4, 0.5) is 0 Å². The predicted molar refractivity (Wildman–Crippen MR) is 330 cm³/mol. The highest BCUT2D eigenvalue weighted by molar-refractivity contribution is 7.98. The fourth-order valence-corrected chi connectivity index (χ4v) is 11.4. The Labute approximate surface area is 506 Å². The van der Waals surface area contributed by atoms with Crippen LogP contribution in [0.5, 0.6) is 0 Å². The van der Waals surface area contributed by atoms with E-state index < -0.39 is 102 Å². The number of hydrogen-bond acceptors (Lipinski definition) is 13. The van der Waals surface area contributed by atoms with E-state index in [0.717, 1.165) is 10.9 Å². The van der Waals surface area contributed by atoms with Crippen LogP contribution in [0, 0.1) is 11.3 Å². The maximum Gasteiger partial charge on any atom is 0.245 e. The number of nitrogens with one attached hydrogen (secondary N) is 9. The van der Waals surface area contributed by atoms with Crippen LogP contribution in [0.15, 0.2) is 91.1 Å². The summed E-state index contributed by atoms with van der Waals surface area (Å²) in [7, 11) is 0. The van der Waals surface area contributed by atoms with Crippen LogP contribution in [0.25, 0.3) is 10.9 Å². The van der Waals surface area contributed by atoms with Crippen molar-refractivity contribution in [2.45, 2.75) is 152 Å². The highest BCUT2D eigenvalue weighted by Gasteiger charge is 2.41. The Balaban J connectivity index is 1.30. The Hall–Kier alpha value is -8.03. The number of likely N-dealkylation sites (tertiary alicyclic amines) is 2.